The Balaban J connectivity index is 1.81. The zero-order chi connectivity index (χ0) is 11.0. The molecule has 1 amide bonds. The summed E-state index contributed by atoms with van der Waals surface area (Å²) in [4.78, 5) is 16.7. The summed E-state index contributed by atoms with van der Waals surface area (Å²) in [6.45, 7) is 4.17. The fourth-order valence-corrected chi connectivity index (χ4v) is 3.13. The third-order valence-corrected chi connectivity index (χ3v) is 4.13. The average Bonchev–Trinajstić information content (AvgIpc) is 2.70. The lowest BCUT2D eigenvalue weighted by Crippen LogP contribution is -2.41. The lowest BCUT2D eigenvalue weighted by molar-refractivity contribution is 0.0680. The molecule has 3 aliphatic rings. The molecule has 0 aliphatic carbocycles. The van der Waals surface area contributed by atoms with Crippen LogP contribution in [0.5, 0.6) is 0 Å². The van der Waals surface area contributed by atoms with Crippen molar-refractivity contribution < 1.29 is 4.79 Å². The largest absolute Gasteiger partial charge is 0.333 e. The number of hydrogen-bond acceptors (Lipinski definition) is 4. The van der Waals surface area contributed by atoms with E-state index in [9.17, 15) is 4.79 Å². The second-order valence-electron chi connectivity index (χ2n) is 4.46. The fourth-order valence-electron chi connectivity index (χ4n) is 2.62. The van der Waals surface area contributed by atoms with Crippen LogP contribution in [0.3, 0.4) is 0 Å². The molecule has 0 N–H and O–H groups in total. The third kappa shape index (κ3) is 1.74. The van der Waals surface area contributed by atoms with E-state index >= 15 is 0 Å². The molecule has 16 heavy (non-hydrogen) atoms. The number of amides is 1. The van der Waals surface area contributed by atoms with Crippen molar-refractivity contribution in [3.05, 3.63) is 17.1 Å². The standard InChI is InChI=1S/C11H15N3OS/c15-11(10-3-8-16-12-10)14-7-6-13-4-1-9(14)2-5-13/h3,8-9H,1-2,4-7H2. The van der Waals surface area contributed by atoms with E-state index in [2.05, 4.69) is 9.27 Å². The Kier molecular flexibility index (Phi) is 2.65. The first-order valence-corrected chi connectivity index (χ1v) is 6.62. The molecule has 4 nitrogen and oxygen atoms in total. The van der Waals surface area contributed by atoms with E-state index in [4.69, 9.17) is 0 Å². The van der Waals surface area contributed by atoms with Crippen LogP contribution < -0.4 is 0 Å². The van der Waals surface area contributed by atoms with Crippen molar-refractivity contribution in [2.24, 2.45) is 0 Å². The second-order valence-corrected chi connectivity index (χ2v) is 5.12. The summed E-state index contributed by atoms with van der Waals surface area (Å²) in [6.07, 6.45) is 2.24. The first-order valence-electron chi connectivity index (χ1n) is 5.78. The van der Waals surface area contributed by atoms with Gasteiger partial charge in [-0.1, -0.05) is 0 Å². The van der Waals surface area contributed by atoms with Gasteiger partial charge in [-0.05, 0) is 30.4 Å². The van der Waals surface area contributed by atoms with E-state index in [0.717, 1.165) is 39.0 Å². The molecule has 5 heteroatoms. The number of fused-ring (bicyclic) bond motifs is 4. The van der Waals surface area contributed by atoms with Crippen LogP contribution in [0.25, 0.3) is 0 Å². The van der Waals surface area contributed by atoms with Crippen molar-refractivity contribution in [2.75, 3.05) is 26.2 Å². The number of piperidine rings is 1. The molecule has 3 aliphatic heterocycles. The molecule has 3 saturated heterocycles. The van der Waals surface area contributed by atoms with E-state index < -0.39 is 0 Å². The van der Waals surface area contributed by atoms with Gasteiger partial charge in [0.15, 0.2) is 0 Å². The molecular formula is C11H15N3OS. The first kappa shape index (κ1) is 10.2. The second kappa shape index (κ2) is 4.14. The summed E-state index contributed by atoms with van der Waals surface area (Å²) < 4.78 is 4.14. The topological polar surface area (TPSA) is 36.4 Å². The minimum atomic E-state index is 0.120. The van der Waals surface area contributed by atoms with Crippen LogP contribution in [0.4, 0.5) is 0 Å². The van der Waals surface area contributed by atoms with Gasteiger partial charge in [-0.2, -0.15) is 4.37 Å². The zero-order valence-corrected chi connectivity index (χ0v) is 9.95. The number of rotatable bonds is 1. The molecule has 0 radical (unpaired) electrons. The van der Waals surface area contributed by atoms with Crippen molar-refractivity contribution in [2.45, 2.75) is 18.9 Å². The predicted octanol–water partition coefficient (Wildman–Crippen LogP) is 1.06. The number of carbonyl (C=O) groups excluding carboxylic acids is 1. The Hall–Kier alpha value is -0.940. The fraction of sp³-hybridized carbons (Fsp3) is 0.636. The van der Waals surface area contributed by atoms with E-state index in [1.165, 1.54) is 11.5 Å². The normalized spacial score (nSPS) is 29.1. The van der Waals surface area contributed by atoms with Gasteiger partial charge < -0.3 is 9.80 Å². The number of carbonyl (C=O) groups is 1. The highest BCUT2D eigenvalue weighted by atomic mass is 32.1. The van der Waals surface area contributed by atoms with Gasteiger partial charge in [0.2, 0.25) is 0 Å². The van der Waals surface area contributed by atoms with E-state index in [1.807, 2.05) is 16.3 Å². The average molecular weight is 237 g/mol. The molecule has 0 spiro atoms. The summed E-state index contributed by atoms with van der Waals surface area (Å²) >= 11 is 1.35. The van der Waals surface area contributed by atoms with Gasteiger partial charge in [0.25, 0.3) is 5.91 Å². The van der Waals surface area contributed by atoms with Gasteiger partial charge in [0, 0.05) is 37.6 Å². The third-order valence-electron chi connectivity index (χ3n) is 3.57. The molecule has 3 fully saturated rings. The minimum Gasteiger partial charge on any atom is -0.333 e. The van der Waals surface area contributed by atoms with Gasteiger partial charge in [0.1, 0.15) is 5.69 Å². The number of aromatic nitrogens is 1. The highest BCUT2D eigenvalue weighted by Gasteiger charge is 2.32. The molecular weight excluding hydrogens is 222 g/mol. The monoisotopic (exact) mass is 237 g/mol. The van der Waals surface area contributed by atoms with Gasteiger partial charge in [-0.15, -0.1) is 0 Å². The molecule has 1 aromatic rings. The summed E-state index contributed by atoms with van der Waals surface area (Å²) in [5, 5.41) is 1.87. The quantitative estimate of drug-likeness (QED) is 0.733. The summed E-state index contributed by atoms with van der Waals surface area (Å²) in [5.41, 5.74) is 0.616. The number of nitrogens with zero attached hydrogens (tertiary/aromatic N) is 3. The molecule has 1 aromatic heterocycles. The maximum atomic E-state index is 12.3. The molecule has 0 aromatic carbocycles. The predicted molar refractivity (Wildman–Crippen MR) is 62.6 cm³/mol. The molecule has 0 atom stereocenters. The Morgan fingerprint density at radius 2 is 2.12 bits per heavy atom. The van der Waals surface area contributed by atoms with Crippen molar-refractivity contribution in [3.63, 3.8) is 0 Å². The SMILES string of the molecule is O=C(c1ccsn1)N1CCN2CCC1CC2. The molecule has 86 valence electrons. The number of hydrogen-bond donors (Lipinski definition) is 0. The van der Waals surface area contributed by atoms with Crippen molar-refractivity contribution in [1.29, 1.82) is 0 Å². The maximum Gasteiger partial charge on any atom is 0.273 e. The minimum absolute atomic E-state index is 0.120. The molecule has 2 bridgehead atoms. The molecule has 0 unspecified atom stereocenters. The van der Waals surface area contributed by atoms with E-state index in [1.54, 1.807) is 0 Å². The molecule has 4 rings (SSSR count). The lowest BCUT2D eigenvalue weighted by atomic mass is 10.1. The van der Waals surface area contributed by atoms with E-state index in [0.29, 0.717) is 11.7 Å². The highest BCUT2D eigenvalue weighted by molar-refractivity contribution is 7.03. The van der Waals surface area contributed by atoms with Crippen LogP contribution in [0.2, 0.25) is 0 Å². The van der Waals surface area contributed by atoms with Crippen LogP contribution in [-0.4, -0.2) is 52.3 Å². The van der Waals surface area contributed by atoms with Crippen LogP contribution in [0.1, 0.15) is 23.3 Å². The smallest absolute Gasteiger partial charge is 0.273 e. The van der Waals surface area contributed by atoms with Crippen molar-refractivity contribution in [3.8, 4) is 0 Å². The zero-order valence-electron chi connectivity index (χ0n) is 9.13. The van der Waals surface area contributed by atoms with Crippen LogP contribution in [0, 0.1) is 0 Å². The lowest BCUT2D eigenvalue weighted by Gasteiger charge is -2.30. The molecule has 4 heterocycles. The Labute approximate surface area is 99.0 Å². The Morgan fingerprint density at radius 1 is 1.31 bits per heavy atom. The summed E-state index contributed by atoms with van der Waals surface area (Å²) in [5.74, 6) is 0.120. The van der Waals surface area contributed by atoms with Gasteiger partial charge in [-0.3, -0.25) is 4.79 Å². The van der Waals surface area contributed by atoms with Crippen molar-refractivity contribution >= 4 is 17.4 Å². The van der Waals surface area contributed by atoms with Gasteiger partial charge in [-0.25, -0.2) is 0 Å². The summed E-state index contributed by atoms with van der Waals surface area (Å²) in [7, 11) is 0. The van der Waals surface area contributed by atoms with Gasteiger partial charge >= 0.3 is 0 Å². The Bertz CT molecular complexity index is 371. The highest BCUT2D eigenvalue weighted by Crippen LogP contribution is 2.22. The van der Waals surface area contributed by atoms with Crippen molar-refractivity contribution in [1.82, 2.24) is 14.2 Å². The maximum absolute atomic E-state index is 12.3. The summed E-state index contributed by atoms with van der Waals surface area (Å²) in [6, 6.07) is 2.26. The van der Waals surface area contributed by atoms with E-state index in [-0.39, 0.29) is 5.91 Å². The van der Waals surface area contributed by atoms with Crippen LogP contribution >= 0.6 is 11.5 Å². The molecule has 0 saturated carbocycles. The first-order chi connectivity index (χ1) is 7.84. The Morgan fingerprint density at radius 3 is 2.81 bits per heavy atom. The van der Waals surface area contributed by atoms with Gasteiger partial charge in [0.05, 0.1) is 0 Å². The van der Waals surface area contributed by atoms with Crippen LogP contribution in [-0.2, 0) is 0 Å². The van der Waals surface area contributed by atoms with Crippen LogP contribution in [0.15, 0.2) is 11.4 Å².